The second-order valence-electron chi connectivity index (χ2n) is 0.600. The van der Waals surface area contributed by atoms with Crippen LogP contribution in [0.5, 0.6) is 0 Å². The van der Waals surface area contributed by atoms with Crippen LogP contribution in [0.3, 0.4) is 0 Å². The Labute approximate surface area is 96.2 Å². The zero-order valence-corrected chi connectivity index (χ0v) is 6.79. The fourth-order valence-electron chi connectivity index (χ4n) is 0. The van der Waals surface area contributed by atoms with Crippen molar-refractivity contribution in [2.24, 2.45) is 0 Å². The monoisotopic (exact) mass is 246 g/mol. The molecule has 13 heteroatoms. The van der Waals surface area contributed by atoms with E-state index in [0.29, 0.717) is 0 Å². The van der Waals surface area contributed by atoms with Crippen molar-refractivity contribution in [3.8, 4) is 0 Å². The number of hydrogen-bond donors (Lipinski definition) is 4. The second kappa shape index (κ2) is 38.6. The molecule has 0 bridgehead atoms. The Balaban J connectivity index is -0.00000000286. The van der Waals surface area contributed by atoms with Crippen molar-refractivity contribution >= 4 is 38.6 Å². The van der Waals surface area contributed by atoms with Crippen molar-refractivity contribution in [3.63, 3.8) is 0 Å². The van der Waals surface area contributed by atoms with Crippen LogP contribution in [-0.2, 0) is 0 Å². The van der Waals surface area contributed by atoms with Crippen molar-refractivity contribution in [1.29, 1.82) is 0 Å². The quantitative estimate of drug-likeness (QED) is 0.302. The van der Waals surface area contributed by atoms with Crippen LogP contribution in [0.2, 0.25) is 0 Å². The molecule has 0 rings (SSSR count). The van der Waals surface area contributed by atoms with Crippen LogP contribution in [-0.4, -0.2) is 96.1 Å². The van der Waals surface area contributed by atoms with E-state index in [1.165, 1.54) is 0 Å². The van der Waals surface area contributed by atoms with Gasteiger partial charge in [0.1, 0.15) is 0 Å². The molecule has 0 aromatic heterocycles. The predicted octanol–water partition coefficient (Wildman–Crippen LogP) is -9.03. The standard InChI is InChI=1S/Na.H4O4Si.7H2O.H/c;1-5(2,3)4;;;;;;;;/h;1-4H;7*1H2;. The second-order valence-corrected chi connectivity index (χ2v) is 1.80. The zero-order chi connectivity index (χ0) is 4.50. The minimum absolute atomic E-state index is 0. The molecular formula is H19NaO11Si. The molecule has 0 unspecified atom stereocenters. The van der Waals surface area contributed by atoms with E-state index >= 15 is 0 Å². The molecule has 0 atom stereocenters. The molecule has 0 amide bonds. The number of rotatable bonds is 0. The van der Waals surface area contributed by atoms with Crippen molar-refractivity contribution < 1.29 is 57.5 Å². The molecule has 0 heterocycles. The van der Waals surface area contributed by atoms with Gasteiger partial charge >= 0.3 is 38.6 Å². The van der Waals surface area contributed by atoms with Crippen LogP contribution in [0, 0.1) is 0 Å². The summed E-state index contributed by atoms with van der Waals surface area (Å²) in [6.45, 7) is 0. The summed E-state index contributed by atoms with van der Waals surface area (Å²) in [6, 6.07) is 0. The molecule has 90 valence electrons. The van der Waals surface area contributed by atoms with E-state index < -0.39 is 9.05 Å². The molecule has 0 aliphatic heterocycles. The van der Waals surface area contributed by atoms with Gasteiger partial charge in [0.15, 0.2) is 0 Å². The Morgan fingerprint density at radius 3 is 0.462 bits per heavy atom. The van der Waals surface area contributed by atoms with Gasteiger partial charge in [0.25, 0.3) is 0 Å². The van der Waals surface area contributed by atoms with Gasteiger partial charge < -0.3 is 57.5 Å². The molecule has 0 aromatic rings. The van der Waals surface area contributed by atoms with Gasteiger partial charge in [-0.2, -0.15) is 0 Å². The van der Waals surface area contributed by atoms with Gasteiger partial charge in [-0.1, -0.05) is 0 Å². The Morgan fingerprint density at radius 2 is 0.462 bits per heavy atom. The molecule has 0 aromatic carbocycles. The summed E-state index contributed by atoms with van der Waals surface area (Å²) in [5.41, 5.74) is 0. The average Bonchev–Trinajstić information content (AvgIpc) is 0.722. The van der Waals surface area contributed by atoms with Gasteiger partial charge in [-0.25, -0.2) is 0 Å². The molecule has 0 spiro atoms. The van der Waals surface area contributed by atoms with E-state index in [-0.39, 0.29) is 67.9 Å². The van der Waals surface area contributed by atoms with Gasteiger partial charge in [-0.15, -0.1) is 0 Å². The molecule has 0 fully saturated rings. The van der Waals surface area contributed by atoms with E-state index in [9.17, 15) is 0 Å². The summed E-state index contributed by atoms with van der Waals surface area (Å²) in [5, 5.41) is 0. The maximum absolute atomic E-state index is 7.33. The summed E-state index contributed by atoms with van der Waals surface area (Å²) >= 11 is 0. The molecule has 0 saturated heterocycles. The zero-order valence-electron chi connectivity index (χ0n) is 5.79. The van der Waals surface area contributed by atoms with Crippen LogP contribution in [0.1, 0.15) is 0 Å². The van der Waals surface area contributed by atoms with Crippen molar-refractivity contribution in [3.05, 3.63) is 0 Å². The van der Waals surface area contributed by atoms with E-state index in [4.69, 9.17) is 19.2 Å². The minimum atomic E-state index is -4.61. The third-order valence-electron chi connectivity index (χ3n) is 0. The first kappa shape index (κ1) is 98.6. The SMILES string of the molecule is O.O.O.O.O.O.O.O[Si](O)(O)O.[NaH]. The number of hydrogen-bond acceptors (Lipinski definition) is 4. The molecule has 0 aliphatic rings. The molecule has 0 aliphatic carbocycles. The summed E-state index contributed by atoms with van der Waals surface area (Å²) < 4.78 is 0. The van der Waals surface area contributed by atoms with Crippen LogP contribution in [0.15, 0.2) is 0 Å². The summed E-state index contributed by atoms with van der Waals surface area (Å²) in [5.74, 6) is 0. The van der Waals surface area contributed by atoms with E-state index in [0.717, 1.165) is 0 Å². The molecule has 0 radical (unpaired) electrons. The van der Waals surface area contributed by atoms with Crippen molar-refractivity contribution in [1.82, 2.24) is 0 Å². The average molecular weight is 246 g/mol. The van der Waals surface area contributed by atoms with Gasteiger partial charge in [0.05, 0.1) is 0 Å². The van der Waals surface area contributed by atoms with Crippen LogP contribution in [0.4, 0.5) is 0 Å². The summed E-state index contributed by atoms with van der Waals surface area (Å²) in [6.07, 6.45) is 0. The molecule has 18 N–H and O–H groups in total. The first-order valence-corrected chi connectivity index (χ1v) is 2.68. The molecule has 13 heavy (non-hydrogen) atoms. The van der Waals surface area contributed by atoms with E-state index in [1.54, 1.807) is 0 Å². The van der Waals surface area contributed by atoms with Crippen LogP contribution < -0.4 is 0 Å². The van der Waals surface area contributed by atoms with Gasteiger partial charge in [0.2, 0.25) is 0 Å². The van der Waals surface area contributed by atoms with Crippen LogP contribution >= 0.6 is 0 Å². The topological polar surface area (TPSA) is 301 Å². The van der Waals surface area contributed by atoms with E-state index in [1.807, 2.05) is 0 Å². The predicted molar refractivity (Wildman–Crippen MR) is 47.1 cm³/mol. The normalized spacial score (nSPS) is 4.62. The van der Waals surface area contributed by atoms with Gasteiger partial charge in [-0.05, 0) is 0 Å². The van der Waals surface area contributed by atoms with Gasteiger partial charge in [-0.3, -0.25) is 0 Å². The Kier molecular flexibility index (Phi) is 293. The maximum atomic E-state index is 7.33. The Bertz CT molecular complexity index is 25.6. The fraction of sp³-hybridized carbons (Fsp3) is 0. The summed E-state index contributed by atoms with van der Waals surface area (Å²) in [7, 11) is -4.61. The van der Waals surface area contributed by atoms with Crippen molar-refractivity contribution in [2.75, 3.05) is 0 Å². The first-order valence-electron chi connectivity index (χ1n) is 0.894. The third-order valence-corrected chi connectivity index (χ3v) is 0. The molecule has 0 saturated carbocycles. The molecular weight excluding hydrogens is 227 g/mol. The van der Waals surface area contributed by atoms with Gasteiger partial charge in [0, 0.05) is 0 Å². The van der Waals surface area contributed by atoms with E-state index in [2.05, 4.69) is 0 Å². The Morgan fingerprint density at radius 1 is 0.462 bits per heavy atom. The van der Waals surface area contributed by atoms with Crippen molar-refractivity contribution in [2.45, 2.75) is 0 Å². The van der Waals surface area contributed by atoms with Crippen LogP contribution in [0.25, 0.3) is 0 Å². The summed E-state index contributed by atoms with van der Waals surface area (Å²) in [4.78, 5) is 29.3. The third kappa shape index (κ3) is 2460. The Hall–Kier alpha value is 0.777. The molecule has 11 nitrogen and oxygen atoms in total. The fourth-order valence-corrected chi connectivity index (χ4v) is 0. The first-order chi connectivity index (χ1) is 2.00.